The Balaban J connectivity index is 2.21. The van der Waals surface area contributed by atoms with Crippen molar-refractivity contribution < 1.29 is 4.39 Å². The molecule has 0 spiro atoms. The summed E-state index contributed by atoms with van der Waals surface area (Å²) in [5.41, 5.74) is 7.87. The van der Waals surface area contributed by atoms with Gasteiger partial charge in [0.25, 0.3) is 0 Å². The van der Waals surface area contributed by atoms with Gasteiger partial charge in [0.05, 0.1) is 21.6 Å². The van der Waals surface area contributed by atoms with Crippen LogP contribution in [0.5, 0.6) is 0 Å². The van der Waals surface area contributed by atoms with E-state index >= 15 is 0 Å². The minimum absolute atomic E-state index is 0.284. The number of thiazole rings is 1. The summed E-state index contributed by atoms with van der Waals surface area (Å²) in [4.78, 5) is 12.5. The van der Waals surface area contributed by atoms with Crippen LogP contribution in [-0.2, 0) is 0 Å². The van der Waals surface area contributed by atoms with Crippen molar-refractivity contribution in [3.05, 3.63) is 29.7 Å². The van der Waals surface area contributed by atoms with Crippen LogP contribution in [-0.4, -0.2) is 15.0 Å². The number of hydrogen-bond acceptors (Lipinski definition) is 4. The van der Waals surface area contributed by atoms with Crippen molar-refractivity contribution in [1.82, 2.24) is 15.0 Å². The van der Waals surface area contributed by atoms with Gasteiger partial charge in [-0.3, -0.25) is 0 Å². The van der Waals surface area contributed by atoms with Crippen LogP contribution >= 0.6 is 11.3 Å². The van der Waals surface area contributed by atoms with Crippen LogP contribution in [0.25, 0.3) is 21.7 Å². The number of hydrogen-bond donors (Lipinski definition) is 2. The highest BCUT2D eigenvalue weighted by Gasteiger charge is 2.12. The monoisotopic (exact) mass is 248 g/mol. The van der Waals surface area contributed by atoms with Crippen molar-refractivity contribution in [3.8, 4) is 10.7 Å². The van der Waals surface area contributed by atoms with Gasteiger partial charge in [-0.15, -0.1) is 0 Å². The lowest BCUT2D eigenvalue weighted by Gasteiger charge is -1.90. The van der Waals surface area contributed by atoms with E-state index < -0.39 is 0 Å². The summed E-state index contributed by atoms with van der Waals surface area (Å²) in [5, 5.41) is 0.504. The van der Waals surface area contributed by atoms with E-state index in [4.69, 9.17) is 5.73 Å². The number of nitrogens with zero attached hydrogens (tertiary/aromatic N) is 2. The molecule has 3 N–H and O–H groups in total. The average Bonchev–Trinajstić information content (AvgIpc) is 2.80. The molecule has 3 rings (SSSR count). The molecule has 0 saturated carbocycles. The van der Waals surface area contributed by atoms with E-state index in [2.05, 4.69) is 15.0 Å². The first-order valence-electron chi connectivity index (χ1n) is 5.02. The number of aromatic amines is 1. The van der Waals surface area contributed by atoms with Gasteiger partial charge in [-0.05, 0) is 25.1 Å². The number of aryl methyl sites for hydroxylation is 1. The number of nitrogens with one attached hydrogen (secondary N) is 1. The number of aromatic nitrogens is 3. The molecule has 0 atom stereocenters. The van der Waals surface area contributed by atoms with Crippen molar-refractivity contribution in [2.24, 2.45) is 0 Å². The summed E-state index contributed by atoms with van der Waals surface area (Å²) in [7, 11) is 0. The Bertz CT molecular complexity index is 701. The van der Waals surface area contributed by atoms with Crippen LogP contribution in [0.1, 0.15) is 5.69 Å². The maximum atomic E-state index is 13.1. The third-order valence-corrected chi connectivity index (χ3v) is 3.47. The fourth-order valence-corrected chi connectivity index (χ4v) is 2.50. The lowest BCUT2D eigenvalue weighted by atomic mass is 10.3. The number of anilines is 1. The summed E-state index contributed by atoms with van der Waals surface area (Å²) in [6, 6.07) is 4.46. The number of rotatable bonds is 1. The second-order valence-corrected chi connectivity index (χ2v) is 4.74. The van der Waals surface area contributed by atoms with Crippen molar-refractivity contribution in [2.45, 2.75) is 6.92 Å². The summed E-state index contributed by atoms with van der Waals surface area (Å²) in [6.07, 6.45) is 0. The number of nitrogens with two attached hydrogens (primary N) is 1. The molecule has 0 aliphatic rings. The van der Waals surface area contributed by atoms with Gasteiger partial charge in [0, 0.05) is 0 Å². The fourth-order valence-electron chi connectivity index (χ4n) is 1.73. The van der Waals surface area contributed by atoms with E-state index in [1.54, 1.807) is 6.07 Å². The molecule has 3 aromatic rings. The van der Waals surface area contributed by atoms with E-state index in [-0.39, 0.29) is 5.82 Å². The maximum absolute atomic E-state index is 13.1. The van der Waals surface area contributed by atoms with E-state index in [1.807, 2.05) is 6.92 Å². The molecule has 2 aromatic heterocycles. The molecule has 86 valence electrons. The number of imidazole rings is 1. The maximum Gasteiger partial charge on any atom is 0.180 e. The molecular formula is C11H9FN4S. The Hall–Kier alpha value is -1.95. The quantitative estimate of drug-likeness (QED) is 0.695. The zero-order valence-electron chi connectivity index (χ0n) is 8.99. The summed E-state index contributed by atoms with van der Waals surface area (Å²) >= 11 is 1.37. The standard InChI is InChI=1S/C11H9FN4S/c1-5-9(17-11(13)14-5)10-15-7-3-2-6(12)4-8(7)16-10/h2-4H,1H3,(H2,13,14)(H,15,16). The zero-order chi connectivity index (χ0) is 12.0. The Morgan fingerprint density at radius 1 is 1.35 bits per heavy atom. The molecule has 17 heavy (non-hydrogen) atoms. The molecule has 1 aromatic carbocycles. The van der Waals surface area contributed by atoms with E-state index in [1.165, 1.54) is 23.5 Å². The Morgan fingerprint density at radius 3 is 2.88 bits per heavy atom. The molecule has 0 unspecified atom stereocenters. The second-order valence-electron chi connectivity index (χ2n) is 3.71. The normalized spacial score (nSPS) is 11.2. The molecule has 4 nitrogen and oxygen atoms in total. The summed E-state index contributed by atoms with van der Waals surface area (Å²) in [5.74, 6) is 0.394. The van der Waals surface area contributed by atoms with Crippen LogP contribution < -0.4 is 5.73 Å². The van der Waals surface area contributed by atoms with E-state index in [0.29, 0.717) is 16.5 Å². The SMILES string of the molecule is Cc1nc(N)sc1-c1nc2ccc(F)cc2[nH]1. The predicted molar refractivity (Wildman–Crippen MR) is 66.3 cm³/mol. The minimum atomic E-state index is -0.284. The zero-order valence-corrected chi connectivity index (χ0v) is 9.81. The summed E-state index contributed by atoms with van der Waals surface area (Å²) < 4.78 is 13.1. The molecule has 0 bridgehead atoms. The second kappa shape index (κ2) is 3.53. The van der Waals surface area contributed by atoms with Crippen LogP contribution in [0, 0.1) is 12.7 Å². The van der Waals surface area contributed by atoms with Crippen molar-refractivity contribution in [2.75, 3.05) is 5.73 Å². The molecule has 0 aliphatic heterocycles. The molecule has 0 fully saturated rings. The van der Waals surface area contributed by atoms with Crippen molar-refractivity contribution >= 4 is 27.5 Å². The number of halogens is 1. The van der Waals surface area contributed by atoms with Gasteiger partial charge in [0.1, 0.15) is 5.82 Å². The molecular weight excluding hydrogens is 239 g/mol. The predicted octanol–water partition coefficient (Wildman–Crippen LogP) is 2.72. The first kappa shape index (κ1) is 10.2. The third kappa shape index (κ3) is 1.66. The van der Waals surface area contributed by atoms with Gasteiger partial charge in [0.2, 0.25) is 0 Å². The largest absolute Gasteiger partial charge is 0.375 e. The molecule has 0 amide bonds. The smallest absolute Gasteiger partial charge is 0.180 e. The molecule has 6 heteroatoms. The van der Waals surface area contributed by atoms with E-state index in [0.717, 1.165) is 16.1 Å². The average molecular weight is 248 g/mol. The van der Waals surface area contributed by atoms with Crippen molar-refractivity contribution in [1.29, 1.82) is 0 Å². The highest BCUT2D eigenvalue weighted by atomic mass is 32.1. The third-order valence-electron chi connectivity index (χ3n) is 2.47. The summed E-state index contributed by atoms with van der Waals surface area (Å²) in [6.45, 7) is 1.87. The topological polar surface area (TPSA) is 67.6 Å². The van der Waals surface area contributed by atoms with Crippen LogP contribution in [0.2, 0.25) is 0 Å². The van der Waals surface area contributed by atoms with Crippen LogP contribution in [0.15, 0.2) is 18.2 Å². The van der Waals surface area contributed by atoms with Crippen molar-refractivity contribution in [3.63, 3.8) is 0 Å². The lowest BCUT2D eigenvalue weighted by Crippen LogP contribution is -1.81. The van der Waals surface area contributed by atoms with Crippen LogP contribution in [0.3, 0.4) is 0 Å². The Kier molecular flexibility index (Phi) is 2.12. The molecule has 2 heterocycles. The number of H-pyrrole nitrogens is 1. The van der Waals surface area contributed by atoms with Gasteiger partial charge >= 0.3 is 0 Å². The van der Waals surface area contributed by atoms with Gasteiger partial charge in [-0.25, -0.2) is 14.4 Å². The minimum Gasteiger partial charge on any atom is -0.375 e. The number of fused-ring (bicyclic) bond motifs is 1. The Morgan fingerprint density at radius 2 is 2.18 bits per heavy atom. The fraction of sp³-hybridized carbons (Fsp3) is 0.0909. The van der Waals surface area contributed by atoms with E-state index in [9.17, 15) is 4.39 Å². The first-order valence-corrected chi connectivity index (χ1v) is 5.83. The lowest BCUT2D eigenvalue weighted by molar-refractivity contribution is 0.629. The first-order chi connectivity index (χ1) is 8.13. The van der Waals surface area contributed by atoms with Gasteiger partial charge < -0.3 is 10.7 Å². The van der Waals surface area contributed by atoms with Crippen LogP contribution in [0.4, 0.5) is 9.52 Å². The highest BCUT2D eigenvalue weighted by Crippen LogP contribution is 2.30. The molecule has 0 saturated heterocycles. The highest BCUT2D eigenvalue weighted by molar-refractivity contribution is 7.18. The number of benzene rings is 1. The van der Waals surface area contributed by atoms with Gasteiger partial charge in [-0.1, -0.05) is 11.3 Å². The van der Waals surface area contributed by atoms with Gasteiger partial charge in [0.15, 0.2) is 11.0 Å². The number of nitrogen functional groups attached to an aromatic ring is 1. The Labute approximate surface area is 100 Å². The van der Waals surface area contributed by atoms with Gasteiger partial charge in [-0.2, -0.15) is 0 Å². The molecule has 0 aliphatic carbocycles. The molecule has 0 radical (unpaired) electrons.